The van der Waals surface area contributed by atoms with E-state index in [1.165, 1.54) is 11.3 Å². The third-order valence-electron chi connectivity index (χ3n) is 4.24. The van der Waals surface area contributed by atoms with Crippen LogP contribution in [0.2, 0.25) is 0 Å². The van der Waals surface area contributed by atoms with E-state index in [1.807, 2.05) is 23.6 Å². The number of hydrogen-bond donors (Lipinski definition) is 1. The van der Waals surface area contributed by atoms with Crippen molar-refractivity contribution in [3.05, 3.63) is 63.8 Å². The summed E-state index contributed by atoms with van der Waals surface area (Å²) in [6.45, 7) is 0.143. The van der Waals surface area contributed by atoms with Crippen LogP contribution in [-0.2, 0) is 0 Å². The summed E-state index contributed by atoms with van der Waals surface area (Å²) in [6.07, 6.45) is 0. The molecule has 0 aliphatic carbocycles. The summed E-state index contributed by atoms with van der Waals surface area (Å²) >= 11 is 1.29. The van der Waals surface area contributed by atoms with E-state index in [1.54, 1.807) is 24.3 Å². The van der Waals surface area contributed by atoms with Crippen molar-refractivity contribution < 1.29 is 18.7 Å². The fourth-order valence-corrected chi connectivity index (χ4v) is 3.94. The van der Waals surface area contributed by atoms with Crippen molar-refractivity contribution in [1.82, 2.24) is 0 Å². The maximum atomic E-state index is 12.6. The lowest BCUT2D eigenvalue weighted by Crippen LogP contribution is -2.12. The van der Waals surface area contributed by atoms with Crippen molar-refractivity contribution in [3.8, 4) is 11.5 Å². The molecule has 6 nitrogen and oxygen atoms in total. The van der Waals surface area contributed by atoms with Gasteiger partial charge in [0.1, 0.15) is 16.0 Å². The number of anilines is 1. The Morgan fingerprint density at radius 2 is 1.88 bits per heavy atom. The van der Waals surface area contributed by atoms with Gasteiger partial charge in [0.05, 0.1) is 0 Å². The molecule has 0 bridgehead atoms. The van der Waals surface area contributed by atoms with Gasteiger partial charge in [-0.15, -0.1) is 11.3 Å². The van der Waals surface area contributed by atoms with E-state index in [2.05, 4.69) is 5.32 Å². The lowest BCUT2D eigenvalue weighted by atomic mass is 10.1. The first-order valence-electron chi connectivity index (χ1n) is 7.85. The zero-order chi connectivity index (χ0) is 17.7. The number of fused-ring (bicyclic) bond motifs is 4. The first kappa shape index (κ1) is 15.0. The summed E-state index contributed by atoms with van der Waals surface area (Å²) in [4.78, 5) is 25.0. The highest BCUT2D eigenvalue weighted by atomic mass is 32.1. The van der Waals surface area contributed by atoms with Crippen molar-refractivity contribution in [2.45, 2.75) is 0 Å². The molecule has 0 saturated carbocycles. The lowest BCUT2D eigenvalue weighted by Gasteiger charge is -2.05. The highest BCUT2D eigenvalue weighted by Crippen LogP contribution is 2.35. The number of hydrogen-bond acceptors (Lipinski definition) is 6. The maximum absolute atomic E-state index is 12.6. The van der Waals surface area contributed by atoms with Crippen LogP contribution >= 0.6 is 11.3 Å². The van der Waals surface area contributed by atoms with Crippen LogP contribution in [0.15, 0.2) is 57.1 Å². The molecule has 2 aromatic heterocycles. The van der Waals surface area contributed by atoms with Gasteiger partial charge < -0.3 is 19.2 Å². The number of nitrogens with one attached hydrogen (secondary N) is 1. The molecule has 5 rings (SSSR count). The van der Waals surface area contributed by atoms with E-state index in [0.717, 1.165) is 10.8 Å². The van der Waals surface area contributed by atoms with Crippen molar-refractivity contribution >= 4 is 44.0 Å². The summed E-state index contributed by atoms with van der Waals surface area (Å²) < 4.78 is 15.9. The summed E-state index contributed by atoms with van der Waals surface area (Å²) in [5, 5.41) is 7.09. The second kappa shape index (κ2) is 5.60. The lowest BCUT2D eigenvalue weighted by molar-refractivity contribution is 0.102. The van der Waals surface area contributed by atoms with Crippen LogP contribution in [0.4, 0.5) is 5.00 Å². The summed E-state index contributed by atoms with van der Waals surface area (Å²) in [5.74, 6) is 0.800. The number of carbonyl (C=O) groups is 1. The fourth-order valence-electron chi connectivity index (χ4n) is 2.99. The molecule has 1 amide bonds. The largest absolute Gasteiger partial charge is 0.454 e. The Morgan fingerprint density at radius 3 is 2.81 bits per heavy atom. The molecule has 26 heavy (non-hydrogen) atoms. The van der Waals surface area contributed by atoms with Crippen molar-refractivity contribution in [3.63, 3.8) is 0 Å². The first-order chi connectivity index (χ1) is 12.7. The highest BCUT2D eigenvalue weighted by molar-refractivity contribution is 7.16. The van der Waals surface area contributed by atoms with Crippen molar-refractivity contribution in [2.75, 3.05) is 12.1 Å². The molecule has 0 saturated heterocycles. The molecular formula is C19H11NO5S. The van der Waals surface area contributed by atoms with Crippen molar-refractivity contribution in [2.24, 2.45) is 0 Å². The van der Waals surface area contributed by atoms with Gasteiger partial charge in [-0.1, -0.05) is 18.2 Å². The first-order valence-corrected chi connectivity index (χ1v) is 8.73. The van der Waals surface area contributed by atoms with Gasteiger partial charge in [0, 0.05) is 21.7 Å². The number of para-hydroxylation sites is 1. The van der Waals surface area contributed by atoms with E-state index in [9.17, 15) is 9.59 Å². The molecule has 3 heterocycles. The van der Waals surface area contributed by atoms with Crippen molar-refractivity contribution in [1.29, 1.82) is 0 Å². The molecular weight excluding hydrogens is 354 g/mol. The number of amides is 1. The van der Waals surface area contributed by atoms with Crippen LogP contribution in [0, 0.1) is 0 Å². The van der Waals surface area contributed by atoms with Crippen LogP contribution in [0.3, 0.4) is 0 Å². The molecule has 0 unspecified atom stereocenters. The van der Waals surface area contributed by atoms with Crippen LogP contribution in [-0.4, -0.2) is 12.7 Å². The monoisotopic (exact) mass is 365 g/mol. The molecule has 1 aliphatic rings. The minimum atomic E-state index is -0.471. The van der Waals surface area contributed by atoms with Gasteiger partial charge in [-0.3, -0.25) is 4.79 Å². The number of rotatable bonds is 2. The van der Waals surface area contributed by atoms with Gasteiger partial charge in [-0.05, 0) is 24.3 Å². The molecule has 0 radical (unpaired) electrons. The standard InChI is InChI=1S/C19H11NO5S/c21-17(10-5-6-14-15(7-10)24-9-23-14)20-18-16-12(8-26-18)11-3-1-2-4-13(11)25-19(16)22/h1-8H,9H2,(H,20,21). The Bertz CT molecular complexity index is 1240. The predicted octanol–water partition coefficient (Wildman–Crippen LogP) is 3.99. The van der Waals surface area contributed by atoms with Crippen LogP contribution < -0.4 is 20.4 Å². The van der Waals surface area contributed by atoms with E-state index < -0.39 is 5.63 Å². The van der Waals surface area contributed by atoms with Gasteiger partial charge in [0.2, 0.25) is 6.79 Å². The third-order valence-corrected chi connectivity index (χ3v) is 5.13. The molecule has 1 N–H and O–H groups in total. The zero-order valence-electron chi connectivity index (χ0n) is 13.3. The molecule has 7 heteroatoms. The van der Waals surface area contributed by atoms with Gasteiger partial charge >= 0.3 is 5.63 Å². The highest BCUT2D eigenvalue weighted by Gasteiger charge is 2.19. The molecule has 0 fully saturated rings. The number of thiophene rings is 1. The topological polar surface area (TPSA) is 77.8 Å². The Hall–Kier alpha value is -3.32. The number of carbonyl (C=O) groups excluding carboxylic acids is 1. The summed E-state index contributed by atoms with van der Waals surface area (Å²) in [7, 11) is 0. The maximum Gasteiger partial charge on any atom is 0.347 e. The molecule has 2 aromatic carbocycles. The van der Waals surface area contributed by atoms with Crippen LogP contribution in [0.5, 0.6) is 11.5 Å². The normalized spacial score (nSPS) is 12.6. The third kappa shape index (κ3) is 2.25. The average Bonchev–Trinajstić information content (AvgIpc) is 3.28. The van der Waals surface area contributed by atoms with Gasteiger partial charge in [0.25, 0.3) is 5.91 Å². The fraction of sp³-hybridized carbons (Fsp3) is 0.0526. The smallest absolute Gasteiger partial charge is 0.347 e. The van der Waals surface area contributed by atoms with E-state index >= 15 is 0 Å². The van der Waals surface area contributed by atoms with E-state index in [4.69, 9.17) is 13.9 Å². The summed E-state index contributed by atoms with van der Waals surface area (Å²) in [5.41, 5.74) is 0.471. The van der Waals surface area contributed by atoms with Gasteiger partial charge in [-0.2, -0.15) is 0 Å². The van der Waals surface area contributed by atoms with Gasteiger partial charge in [0.15, 0.2) is 11.5 Å². The second-order valence-corrected chi connectivity index (χ2v) is 6.64. The number of benzene rings is 2. The van der Waals surface area contributed by atoms with E-state index in [0.29, 0.717) is 33.0 Å². The Morgan fingerprint density at radius 1 is 1.04 bits per heavy atom. The Labute approximate surface area is 150 Å². The Kier molecular flexibility index (Phi) is 3.23. The Balaban J connectivity index is 1.56. The molecule has 128 valence electrons. The van der Waals surface area contributed by atoms with Crippen LogP contribution in [0.25, 0.3) is 21.7 Å². The predicted molar refractivity (Wildman–Crippen MR) is 98.4 cm³/mol. The van der Waals surface area contributed by atoms with Crippen LogP contribution in [0.1, 0.15) is 10.4 Å². The minimum absolute atomic E-state index is 0.143. The van der Waals surface area contributed by atoms with E-state index in [-0.39, 0.29) is 12.7 Å². The minimum Gasteiger partial charge on any atom is -0.454 e. The molecule has 1 aliphatic heterocycles. The molecule has 4 aromatic rings. The second-order valence-electron chi connectivity index (χ2n) is 5.76. The summed E-state index contributed by atoms with van der Waals surface area (Å²) in [6, 6.07) is 12.3. The average molecular weight is 365 g/mol. The molecule has 0 atom stereocenters. The quantitative estimate of drug-likeness (QED) is 0.544. The number of ether oxygens (including phenoxy) is 2. The molecule has 0 spiro atoms. The van der Waals surface area contributed by atoms with Gasteiger partial charge in [-0.25, -0.2) is 4.79 Å². The zero-order valence-corrected chi connectivity index (χ0v) is 14.1. The SMILES string of the molecule is O=C(Nc1scc2c1c(=O)oc1ccccc12)c1ccc2c(c1)OCO2.